The van der Waals surface area contributed by atoms with Gasteiger partial charge in [0.15, 0.2) is 6.29 Å². The van der Waals surface area contributed by atoms with Gasteiger partial charge in [-0.3, -0.25) is 4.79 Å². The molecule has 0 aliphatic carbocycles. The molecule has 0 aliphatic rings. The maximum absolute atomic E-state index is 11.4. The summed E-state index contributed by atoms with van der Waals surface area (Å²) in [5.74, 6) is -0.410. The van der Waals surface area contributed by atoms with Crippen molar-refractivity contribution in [2.75, 3.05) is 5.73 Å². The lowest BCUT2D eigenvalue weighted by Crippen LogP contribution is -2.24. The molecular weight excluding hydrogens is 344 g/mol. The summed E-state index contributed by atoms with van der Waals surface area (Å²) in [4.78, 5) is 10.4. The molecule has 0 amide bonds. The highest BCUT2D eigenvalue weighted by molar-refractivity contribution is 7.90. The highest BCUT2D eigenvalue weighted by atomic mass is 32.2. The lowest BCUT2D eigenvalue weighted by Gasteiger charge is -2.02. The predicted octanol–water partition coefficient (Wildman–Crippen LogP) is 1.05. The molecule has 0 radical (unpaired) electrons. The van der Waals surface area contributed by atoms with Gasteiger partial charge >= 0.3 is 0 Å². The maximum atomic E-state index is 11.4. The maximum Gasteiger partial charge on any atom is 0.285 e. The second-order valence-electron chi connectivity index (χ2n) is 5.20. The molecule has 0 spiro atoms. The summed E-state index contributed by atoms with van der Waals surface area (Å²) in [5, 5.41) is 9.29. The lowest BCUT2D eigenvalue weighted by atomic mass is 10.1. The van der Waals surface area contributed by atoms with Crippen molar-refractivity contribution in [3.63, 3.8) is 0 Å². The fraction of sp³-hybridized carbons (Fsp3) is 0.125. The van der Waals surface area contributed by atoms with Gasteiger partial charge in [-0.25, -0.2) is 0 Å². The number of carbonyl (C=O) groups is 1. The SMILES string of the molecule is Cc1cc(C)c(O)c(C=O)c1.NC(N)=NS(=O)(=O)c1ccc(N)cc1. The molecule has 2 aromatic rings. The molecule has 0 aromatic heterocycles. The number of anilines is 1. The van der Waals surface area contributed by atoms with Gasteiger partial charge in [-0.2, -0.15) is 8.42 Å². The van der Waals surface area contributed by atoms with Gasteiger partial charge in [-0.15, -0.1) is 4.40 Å². The molecule has 0 atom stereocenters. The van der Waals surface area contributed by atoms with Gasteiger partial charge in [-0.1, -0.05) is 6.07 Å². The highest BCUT2D eigenvalue weighted by Crippen LogP contribution is 2.21. The van der Waals surface area contributed by atoms with Crippen LogP contribution in [0.3, 0.4) is 0 Å². The van der Waals surface area contributed by atoms with Crippen LogP contribution in [0.2, 0.25) is 0 Å². The van der Waals surface area contributed by atoms with E-state index >= 15 is 0 Å². The van der Waals surface area contributed by atoms with Gasteiger partial charge < -0.3 is 22.3 Å². The van der Waals surface area contributed by atoms with Crippen molar-refractivity contribution >= 4 is 28.0 Å². The normalized spacial score (nSPS) is 10.3. The number of nitrogens with zero attached hydrogens (tertiary/aromatic N) is 1. The lowest BCUT2D eigenvalue weighted by molar-refractivity contribution is 0.112. The average Bonchev–Trinajstić information content (AvgIpc) is 2.50. The first-order valence-electron chi connectivity index (χ1n) is 7.03. The molecule has 0 aliphatic heterocycles. The Balaban J connectivity index is 0.000000257. The molecule has 9 heteroatoms. The van der Waals surface area contributed by atoms with Crippen LogP contribution >= 0.6 is 0 Å². The summed E-state index contributed by atoms with van der Waals surface area (Å²) in [6.45, 7) is 3.66. The number of hydrogen-bond donors (Lipinski definition) is 4. The number of nitrogen functional groups attached to an aromatic ring is 1. The zero-order chi connectivity index (χ0) is 19.2. The van der Waals surface area contributed by atoms with Gasteiger partial charge in [-0.05, 0) is 55.3 Å². The summed E-state index contributed by atoms with van der Waals surface area (Å²) in [6.07, 6.45) is 0.662. The molecule has 8 nitrogen and oxygen atoms in total. The van der Waals surface area contributed by atoms with Crippen LogP contribution in [-0.4, -0.2) is 25.8 Å². The van der Waals surface area contributed by atoms with E-state index in [2.05, 4.69) is 4.40 Å². The monoisotopic (exact) mass is 364 g/mol. The van der Waals surface area contributed by atoms with E-state index in [1.54, 1.807) is 13.0 Å². The molecule has 0 bridgehead atoms. The first-order valence-corrected chi connectivity index (χ1v) is 8.47. The Morgan fingerprint density at radius 1 is 1.12 bits per heavy atom. The van der Waals surface area contributed by atoms with Crippen molar-refractivity contribution in [2.24, 2.45) is 15.9 Å². The molecule has 7 N–H and O–H groups in total. The van der Waals surface area contributed by atoms with Gasteiger partial charge in [0.1, 0.15) is 5.75 Å². The topological polar surface area (TPSA) is 162 Å². The predicted molar refractivity (Wildman–Crippen MR) is 96.8 cm³/mol. The first-order chi connectivity index (χ1) is 11.6. The van der Waals surface area contributed by atoms with Crippen LogP contribution in [0.1, 0.15) is 21.5 Å². The number of benzene rings is 2. The summed E-state index contributed by atoms with van der Waals surface area (Å²) < 4.78 is 25.8. The third-order valence-electron chi connectivity index (χ3n) is 3.00. The van der Waals surface area contributed by atoms with E-state index in [1.807, 2.05) is 13.0 Å². The molecule has 2 rings (SSSR count). The quantitative estimate of drug-likeness (QED) is 0.274. The number of hydrogen-bond acceptors (Lipinski definition) is 5. The largest absolute Gasteiger partial charge is 0.507 e. The summed E-state index contributed by atoms with van der Waals surface area (Å²) in [7, 11) is -3.79. The Morgan fingerprint density at radius 2 is 1.68 bits per heavy atom. The molecule has 25 heavy (non-hydrogen) atoms. The Kier molecular flexibility index (Phi) is 6.52. The zero-order valence-electron chi connectivity index (χ0n) is 13.8. The number of nitrogens with two attached hydrogens (primary N) is 3. The number of aryl methyl sites for hydroxylation is 2. The molecule has 134 valence electrons. The number of aromatic hydroxyl groups is 1. The minimum absolute atomic E-state index is 0.0000926. The van der Waals surface area contributed by atoms with Crippen LogP contribution < -0.4 is 17.2 Å². The number of phenols is 1. The Bertz CT molecular complexity index is 887. The Morgan fingerprint density at radius 3 is 2.16 bits per heavy atom. The molecule has 0 saturated carbocycles. The minimum atomic E-state index is -3.79. The van der Waals surface area contributed by atoms with Crippen molar-refractivity contribution < 1.29 is 18.3 Å². The number of guanidine groups is 1. The average molecular weight is 364 g/mol. The summed E-state index contributed by atoms with van der Waals surface area (Å²) >= 11 is 0. The van der Waals surface area contributed by atoms with Gasteiger partial charge in [0.25, 0.3) is 10.0 Å². The third kappa shape index (κ3) is 5.81. The third-order valence-corrected chi connectivity index (χ3v) is 4.32. The number of rotatable bonds is 3. The molecule has 0 fully saturated rings. The first kappa shape index (κ1) is 20.0. The summed E-state index contributed by atoms with van der Waals surface area (Å²) in [6, 6.07) is 9.07. The molecule has 0 unspecified atom stereocenters. The second-order valence-corrected chi connectivity index (χ2v) is 6.80. The van der Waals surface area contributed by atoms with Crippen LogP contribution in [0.15, 0.2) is 45.7 Å². The molecular formula is C16H20N4O4S. The van der Waals surface area contributed by atoms with Crippen molar-refractivity contribution in [1.82, 2.24) is 0 Å². The van der Waals surface area contributed by atoms with Crippen molar-refractivity contribution in [3.8, 4) is 5.75 Å². The van der Waals surface area contributed by atoms with Crippen LogP contribution in [0, 0.1) is 13.8 Å². The van der Waals surface area contributed by atoms with E-state index in [1.165, 1.54) is 24.3 Å². The number of carbonyl (C=O) groups excluding carboxylic acids is 1. The van der Waals surface area contributed by atoms with Crippen molar-refractivity contribution in [3.05, 3.63) is 53.1 Å². The highest BCUT2D eigenvalue weighted by Gasteiger charge is 2.11. The van der Waals surface area contributed by atoms with Gasteiger partial charge in [0, 0.05) is 5.69 Å². The van der Waals surface area contributed by atoms with Crippen LogP contribution in [0.25, 0.3) is 0 Å². The summed E-state index contributed by atoms with van der Waals surface area (Å²) in [5.41, 5.74) is 17.9. The Hall–Kier alpha value is -3.07. The number of aldehydes is 1. The van der Waals surface area contributed by atoms with Gasteiger partial charge in [0.05, 0.1) is 10.5 Å². The molecule has 0 saturated heterocycles. The smallest absolute Gasteiger partial charge is 0.285 e. The van der Waals surface area contributed by atoms with E-state index in [-0.39, 0.29) is 10.6 Å². The zero-order valence-corrected chi connectivity index (χ0v) is 14.6. The fourth-order valence-corrected chi connectivity index (χ4v) is 2.78. The number of sulfonamides is 1. The minimum Gasteiger partial charge on any atom is -0.507 e. The van der Waals surface area contributed by atoms with E-state index < -0.39 is 16.0 Å². The number of phenolic OH excluding ortho intramolecular Hbond substituents is 1. The van der Waals surface area contributed by atoms with Crippen LogP contribution in [0.4, 0.5) is 5.69 Å². The van der Waals surface area contributed by atoms with E-state index in [9.17, 15) is 18.3 Å². The van der Waals surface area contributed by atoms with Crippen molar-refractivity contribution in [2.45, 2.75) is 18.7 Å². The second kappa shape index (κ2) is 8.15. The van der Waals surface area contributed by atoms with Crippen LogP contribution in [0.5, 0.6) is 5.75 Å². The van der Waals surface area contributed by atoms with E-state index in [0.29, 0.717) is 17.5 Å². The van der Waals surface area contributed by atoms with Gasteiger partial charge in [0.2, 0.25) is 5.96 Å². The molecule has 0 heterocycles. The Labute approximate surface area is 146 Å². The van der Waals surface area contributed by atoms with E-state index in [4.69, 9.17) is 17.2 Å². The van der Waals surface area contributed by atoms with Crippen molar-refractivity contribution in [1.29, 1.82) is 0 Å². The van der Waals surface area contributed by atoms with Crippen LogP contribution in [-0.2, 0) is 10.0 Å². The fourth-order valence-electron chi connectivity index (χ4n) is 1.91. The molecule has 2 aromatic carbocycles. The van der Waals surface area contributed by atoms with E-state index in [0.717, 1.165) is 11.1 Å². The standard InChI is InChI=1S/C9H10O2.C7H10N4O2S/c1-6-3-7(2)9(11)8(4-6)5-10;8-5-1-3-6(4-2-5)14(12,13)11-7(9)10/h3-5,11H,1-2H3;1-4H,8H2,(H4,9,10,11).